The normalized spacial score (nSPS) is 12.6. The van der Waals surface area contributed by atoms with Crippen LogP contribution in [-0.2, 0) is 14.3 Å². The standard InChI is InChI=1S/C78H151NO5/c1-3-5-7-9-11-13-15-17-19-21-35-40-44-48-52-56-60-64-68-72-78(83)84-73-69-65-61-57-53-49-45-41-37-34-32-30-28-26-24-22-23-25-27-29-31-33-36-39-43-47-51-55-59-63-67-71-77(82)79-75(74-80)76(81)70-66-62-58-54-50-46-42-38-20-18-16-14-12-10-8-6-4-2/h17,19,24,26,75-76,80-81H,3-16,18,20-23,25,27-74H2,1-2H3,(H,79,82)/b19-17-,26-24-. The number of aliphatic hydroxyl groups is 2. The molecule has 0 spiro atoms. The van der Waals surface area contributed by atoms with E-state index in [-0.39, 0.29) is 18.5 Å². The van der Waals surface area contributed by atoms with Crippen molar-refractivity contribution in [2.45, 2.75) is 450 Å². The van der Waals surface area contributed by atoms with Crippen molar-refractivity contribution in [2.24, 2.45) is 0 Å². The highest BCUT2D eigenvalue weighted by molar-refractivity contribution is 5.76. The Hall–Kier alpha value is -1.66. The summed E-state index contributed by atoms with van der Waals surface area (Å²) in [6.07, 6.45) is 94.0. The molecule has 0 aliphatic carbocycles. The second-order valence-corrected chi connectivity index (χ2v) is 26.7. The molecule has 0 aromatic heterocycles. The lowest BCUT2D eigenvalue weighted by Gasteiger charge is -2.22. The molecular weight excluding hydrogens is 1030 g/mol. The number of esters is 1. The maximum atomic E-state index is 12.5. The lowest BCUT2D eigenvalue weighted by molar-refractivity contribution is -0.143. The maximum Gasteiger partial charge on any atom is 0.305 e. The molecule has 3 N–H and O–H groups in total. The van der Waals surface area contributed by atoms with E-state index in [1.54, 1.807) is 0 Å². The van der Waals surface area contributed by atoms with Gasteiger partial charge in [0.05, 0.1) is 25.4 Å². The fraction of sp³-hybridized carbons (Fsp3) is 0.923. The third-order valence-corrected chi connectivity index (χ3v) is 18.2. The summed E-state index contributed by atoms with van der Waals surface area (Å²) < 4.78 is 5.51. The number of aliphatic hydroxyl groups excluding tert-OH is 2. The third kappa shape index (κ3) is 69.4. The number of unbranched alkanes of at least 4 members (excludes halogenated alkanes) is 58. The average molecular weight is 1180 g/mol. The van der Waals surface area contributed by atoms with Crippen LogP contribution < -0.4 is 5.32 Å². The molecule has 0 aliphatic rings. The fourth-order valence-corrected chi connectivity index (χ4v) is 12.3. The van der Waals surface area contributed by atoms with E-state index in [1.807, 2.05) is 0 Å². The Kier molecular flexibility index (Phi) is 72.3. The molecule has 498 valence electrons. The molecular formula is C78H151NO5. The van der Waals surface area contributed by atoms with Gasteiger partial charge >= 0.3 is 5.97 Å². The van der Waals surface area contributed by atoms with Crippen molar-refractivity contribution < 1.29 is 24.5 Å². The Morgan fingerprint density at radius 1 is 0.321 bits per heavy atom. The molecule has 0 heterocycles. The van der Waals surface area contributed by atoms with Gasteiger partial charge in [-0.1, -0.05) is 372 Å². The summed E-state index contributed by atoms with van der Waals surface area (Å²) in [7, 11) is 0. The molecule has 6 heteroatoms. The minimum absolute atomic E-state index is 0.0183. The molecule has 0 fully saturated rings. The number of carbonyl (C=O) groups is 2. The van der Waals surface area contributed by atoms with Gasteiger partial charge in [0, 0.05) is 12.8 Å². The smallest absolute Gasteiger partial charge is 0.305 e. The zero-order chi connectivity index (χ0) is 60.6. The van der Waals surface area contributed by atoms with Gasteiger partial charge in [0.25, 0.3) is 0 Å². The molecule has 0 bridgehead atoms. The molecule has 1 amide bonds. The van der Waals surface area contributed by atoms with Gasteiger partial charge in [-0.05, 0) is 77.0 Å². The largest absolute Gasteiger partial charge is 0.466 e. The van der Waals surface area contributed by atoms with E-state index >= 15 is 0 Å². The second-order valence-electron chi connectivity index (χ2n) is 26.7. The molecule has 0 aromatic carbocycles. The van der Waals surface area contributed by atoms with Crippen molar-refractivity contribution in [1.82, 2.24) is 5.32 Å². The molecule has 6 nitrogen and oxygen atoms in total. The highest BCUT2D eigenvalue weighted by atomic mass is 16.5. The number of nitrogens with one attached hydrogen (secondary N) is 1. The van der Waals surface area contributed by atoms with E-state index in [0.29, 0.717) is 25.9 Å². The van der Waals surface area contributed by atoms with Crippen molar-refractivity contribution >= 4 is 11.9 Å². The summed E-state index contributed by atoms with van der Waals surface area (Å²) in [4.78, 5) is 24.7. The predicted molar refractivity (Wildman–Crippen MR) is 370 cm³/mol. The van der Waals surface area contributed by atoms with Crippen molar-refractivity contribution in [3.63, 3.8) is 0 Å². The van der Waals surface area contributed by atoms with E-state index in [9.17, 15) is 19.8 Å². The topological polar surface area (TPSA) is 95.9 Å². The summed E-state index contributed by atoms with van der Waals surface area (Å²) in [5.74, 6) is -0.0106. The molecule has 84 heavy (non-hydrogen) atoms. The van der Waals surface area contributed by atoms with Crippen molar-refractivity contribution in [3.8, 4) is 0 Å². The van der Waals surface area contributed by atoms with Gasteiger partial charge in [-0.25, -0.2) is 0 Å². The zero-order valence-electron chi connectivity index (χ0n) is 57.2. The average Bonchev–Trinajstić information content (AvgIpc) is 3.51. The van der Waals surface area contributed by atoms with Gasteiger partial charge in [-0.3, -0.25) is 9.59 Å². The van der Waals surface area contributed by atoms with Crippen LogP contribution in [0.5, 0.6) is 0 Å². The van der Waals surface area contributed by atoms with E-state index < -0.39 is 12.1 Å². The Morgan fingerprint density at radius 3 is 0.845 bits per heavy atom. The molecule has 0 aliphatic heterocycles. The van der Waals surface area contributed by atoms with E-state index in [4.69, 9.17) is 4.74 Å². The zero-order valence-corrected chi connectivity index (χ0v) is 57.2. The second kappa shape index (κ2) is 73.8. The summed E-state index contributed by atoms with van der Waals surface area (Å²) >= 11 is 0. The van der Waals surface area contributed by atoms with E-state index in [2.05, 4.69) is 43.5 Å². The molecule has 0 saturated carbocycles. The number of carbonyl (C=O) groups excluding carboxylic acids is 2. The first-order valence-corrected chi connectivity index (χ1v) is 38.6. The summed E-state index contributed by atoms with van der Waals surface area (Å²) in [6.45, 7) is 5.00. The first kappa shape index (κ1) is 82.3. The SMILES string of the molecule is CCCCCCCC/C=C\CCCCCCCCCCCC(=O)OCCCCCCCCCCCCCC/C=C\CCCCCCCCCCCCCCCCCC(=O)NC(CO)C(O)CCCCCCCCCCCCCCCCCCC. The third-order valence-electron chi connectivity index (χ3n) is 18.2. The maximum absolute atomic E-state index is 12.5. The highest BCUT2D eigenvalue weighted by Crippen LogP contribution is 2.19. The Labute approximate surface area is 526 Å². The minimum atomic E-state index is -0.663. The number of hydrogen-bond acceptors (Lipinski definition) is 5. The van der Waals surface area contributed by atoms with Crippen LogP contribution in [0.3, 0.4) is 0 Å². The Balaban J connectivity index is 3.34. The molecule has 0 saturated heterocycles. The van der Waals surface area contributed by atoms with Crippen LogP contribution in [0.1, 0.15) is 438 Å². The van der Waals surface area contributed by atoms with Gasteiger partial charge in [0.2, 0.25) is 5.91 Å². The van der Waals surface area contributed by atoms with Crippen LogP contribution in [0.15, 0.2) is 24.3 Å². The summed E-state index contributed by atoms with van der Waals surface area (Å²) in [5.41, 5.74) is 0. The molecule has 0 rings (SSSR count). The van der Waals surface area contributed by atoms with Crippen LogP contribution >= 0.6 is 0 Å². The molecule has 0 aromatic rings. The lowest BCUT2D eigenvalue weighted by Crippen LogP contribution is -2.45. The number of amides is 1. The first-order valence-electron chi connectivity index (χ1n) is 38.6. The predicted octanol–water partition coefficient (Wildman–Crippen LogP) is 25.3. The highest BCUT2D eigenvalue weighted by Gasteiger charge is 2.20. The molecule has 0 radical (unpaired) electrons. The van der Waals surface area contributed by atoms with E-state index in [1.165, 1.54) is 366 Å². The van der Waals surface area contributed by atoms with Gasteiger partial charge in [0.15, 0.2) is 0 Å². The van der Waals surface area contributed by atoms with Crippen LogP contribution in [0.25, 0.3) is 0 Å². The van der Waals surface area contributed by atoms with Crippen LogP contribution in [0.4, 0.5) is 0 Å². The van der Waals surface area contributed by atoms with Gasteiger partial charge in [0.1, 0.15) is 0 Å². The number of hydrogen-bond donors (Lipinski definition) is 3. The molecule has 2 unspecified atom stereocenters. The quantitative estimate of drug-likeness (QED) is 0.0320. The van der Waals surface area contributed by atoms with Gasteiger partial charge in [-0.15, -0.1) is 0 Å². The summed E-state index contributed by atoms with van der Waals surface area (Å²) in [5, 5.41) is 23.4. The number of allylic oxidation sites excluding steroid dienone is 4. The van der Waals surface area contributed by atoms with Crippen molar-refractivity contribution in [3.05, 3.63) is 24.3 Å². The van der Waals surface area contributed by atoms with Crippen LogP contribution in [-0.4, -0.2) is 47.4 Å². The van der Waals surface area contributed by atoms with Gasteiger partial charge < -0.3 is 20.3 Å². The summed E-state index contributed by atoms with van der Waals surface area (Å²) in [6, 6.07) is -0.540. The number of ether oxygens (including phenoxy) is 1. The minimum Gasteiger partial charge on any atom is -0.466 e. The Morgan fingerprint density at radius 2 is 0.560 bits per heavy atom. The number of rotatable bonds is 73. The van der Waals surface area contributed by atoms with Crippen molar-refractivity contribution in [1.29, 1.82) is 0 Å². The first-order chi connectivity index (χ1) is 41.5. The van der Waals surface area contributed by atoms with E-state index in [0.717, 1.165) is 38.5 Å². The van der Waals surface area contributed by atoms with Gasteiger partial charge in [-0.2, -0.15) is 0 Å². The monoisotopic (exact) mass is 1180 g/mol. The Bertz CT molecular complexity index is 1320. The van der Waals surface area contributed by atoms with Crippen LogP contribution in [0, 0.1) is 0 Å². The fourth-order valence-electron chi connectivity index (χ4n) is 12.3. The van der Waals surface area contributed by atoms with Crippen molar-refractivity contribution in [2.75, 3.05) is 13.2 Å². The van der Waals surface area contributed by atoms with Crippen LogP contribution in [0.2, 0.25) is 0 Å². The molecule has 2 atom stereocenters. The lowest BCUT2D eigenvalue weighted by atomic mass is 10.0.